The van der Waals surface area contributed by atoms with Gasteiger partial charge in [-0.05, 0) is 141 Å². The van der Waals surface area contributed by atoms with Crippen LogP contribution in [-0.2, 0) is 28.7 Å². The van der Waals surface area contributed by atoms with E-state index in [9.17, 15) is 19.2 Å². The van der Waals surface area contributed by atoms with E-state index in [2.05, 4.69) is 41.2 Å². The number of hydrogen-bond acceptors (Lipinski definition) is 8. The number of hydrogen-bond donors (Lipinski definition) is 0. The highest BCUT2D eigenvalue weighted by Gasteiger charge is 2.67. The number of fused-ring (bicyclic) bond motifs is 7. The zero-order chi connectivity index (χ0) is 37.8. The molecule has 0 radical (unpaired) electrons. The van der Waals surface area contributed by atoms with Crippen molar-refractivity contribution in [3.05, 3.63) is 42.0 Å². The Hall–Kier alpha value is -3.42. The Bertz CT molecular complexity index is 1640. The van der Waals surface area contributed by atoms with Gasteiger partial charge in [-0.3, -0.25) is 14.4 Å². The molecule has 0 spiro atoms. The van der Waals surface area contributed by atoms with Gasteiger partial charge in [0.2, 0.25) is 0 Å². The van der Waals surface area contributed by atoms with Gasteiger partial charge in [0.15, 0.2) is 11.5 Å². The quantitative estimate of drug-likeness (QED) is 0.114. The Morgan fingerprint density at radius 2 is 1.40 bits per heavy atom. The summed E-state index contributed by atoms with van der Waals surface area (Å²) in [5.41, 5.74) is 2.22. The summed E-state index contributed by atoms with van der Waals surface area (Å²) in [6.45, 7) is 21.1. The molecule has 5 aliphatic carbocycles. The number of carbonyl (C=O) groups excluding carboxylic acids is 4. The van der Waals surface area contributed by atoms with Crippen LogP contribution >= 0.6 is 0 Å². The molecule has 8 nitrogen and oxygen atoms in total. The standard InChI is InChI=1S/C44H60O8/c1-26(2)31-18-21-44(25-49-27(3)45)23-22-42(8)32-14-16-37-41(6,7)38(19-20-43(37,9)33(32)12-13-34(42)40(31)44)52-39(48)17-11-30-10-15-35(50-28(4)46)36(24-30)51-29(5)47/h10-11,15,17,24,31-34,37-38,40H,1,12-14,16,18-23,25H2,2-9H3. The first-order valence-corrected chi connectivity index (χ1v) is 19.6. The van der Waals surface area contributed by atoms with Crippen LogP contribution in [0.4, 0.5) is 0 Å². The molecule has 0 aliphatic heterocycles. The molecule has 0 saturated heterocycles. The number of allylic oxidation sites excluding steroid dienone is 1. The molecule has 0 N–H and O–H groups in total. The van der Waals surface area contributed by atoms with Gasteiger partial charge < -0.3 is 18.9 Å². The Morgan fingerprint density at radius 1 is 0.750 bits per heavy atom. The third-order valence-electron chi connectivity index (χ3n) is 15.1. The summed E-state index contributed by atoms with van der Waals surface area (Å²) in [5.74, 6) is 1.98. The summed E-state index contributed by atoms with van der Waals surface area (Å²) in [4.78, 5) is 48.4. The largest absolute Gasteiger partial charge is 0.465 e. The van der Waals surface area contributed by atoms with Crippen molar-refractivity contribution in [3.8, 4) is 11.5 Å². The van der Waals surface area contributed by atoms with E-state index >= 15 is 0 Å². The second-order valence-corrected chi connectivity index (χ2v) is 18.2. The molecule has 0 aromatic heterocycles. The van der Waals surface area contributed by atoms with Crippen LogP contribution in [0.25, 0.3) is 6.08 Å². The van der Waals surface area contributed by atoms with Crippen LogP contribution in [-0.4, -0.2) is 36.6 Å². The lowest BCUT2D eigenvalue weighted by molar-refractivity contribution is -0.216. The van der Waals surface area contributed by atoms with Crippen LogP contribution < -0.4 is 9.47 Å². The number of ether oxygens (including phenoxy) is 4. The summed E-state index contributed by atoms with van der Waals surface area (Å²) in [6.07, 6.45) is 14.1. The lowest BCUT2D eigenvalue weighted by atomic mass is 9.37. The molecule has 0 heterocycles. The minimum Gasteiger partial charge on any atom is -0.465 e. The lowest BCUT2D eigenvalue weighted by Crippen LogP contribution is -2.63. The van der Waals surface area contributed by atoms with Crippen molar-refractivity contribution in [3.63, 3.8) is 0 Å². The second-order valence-electron chi connectivity index (χ2n) is 18.2. The molecule has 8 heteroatoms. The smallest absolute Gasteiger partial charge is 0.331 e. The minimum atomic E-state index is -0.543. The van der Waals surface area contributed by atoms with E-state index in [4.69, 9.17) is 18.9 Å². The minimum absolute atomic E-state index is 0.0732. The summed E-state index contributed by atoms with van der Waals surface area (Å²) >= 11 is 0. The molecule has 6 rings (SSSR count). The van der Waals surface area contributed by atoms with Gasteiger partial charge in [0.25, 0.3) is 0 Å². The van der Waals surface area contributed by atoms with E-state index in [1.165, 1.54) is 51.2 Å². The van der Waals surface area contributed by atoms with Crippen molar-refractivity contribution >= 4 is 30.0 Å². The van der Waals surface area contributed by atoms with Crippen LogP contribution in [0.3, 0.4) is 0 Å². The van der Waals surface area contributed by atoms with Gasteiger partial charge in [0, 0.05) is 37.7 Å². The molecule has 5 saturated carbocycles. The maximum absolute atomic E-state index is 13.3. The van der Waals surface area contributed by atoms with Crippen LogP contribution in [0, 0.1) is 57.2 Å². The zero-order valence-electron chi connectivity index (χ0n) is 32.7. The fourth-order valence-electron chi connectivity index (χ4n) is 12.9. The van der Waals surface area contributed by atoms with Gasteiger partial charge in [-0.15, -0.1) is 0 Å². The molecular weight excluding hydrogens is 656 g/mol. The van der Waals surface area contributed by atoms with E-state index in [0.717, 1.165) is 38.5 Å². The average molecular weight is 717 g/mol. The Labute approximate surface area is 310 Å². The Balaban J connectivity index is 1.16. The molecule has 284 valence electrons. The van der Waals surface area contributed by atoms with Crippen LogP contribution in [0.1, 0.15) is 125 Å². The summed E-state index contributed by atoms with van der Waals surface area (Å²) in [6, 6.07) is 4.79. The Kier molecular flexibility index (Phi) is 10.4. The monoisotopic (exact) mass is 716 g/mol. The molecule has 10 unspecified atom stereocenters. The van der Waals surface area contributed by atoms with Gasteiger partial charge in [-0.2, -0.15) is 0 Å². The first kappa shape index (κ1) is 38.3. The van der Waals surface area contributed by atoms with Crippen molar-refractivity contribution in [2.75, 3.05) is 6.61 Å². The number of benzene rings is 1. The highest BCUT2D eigenvalue weighted by molar-refractivity contribution is 5.87. The van der Waals surface area contributed by atoms with Gasteiger partial charge in [-0.1, -0.05) is 45.9 Å². The molecule has 0 amide bonds. The van der Waals surface area contributed by atoms with E-state index in [0.29, 0.717) is 47.7 Å². The molecule has 10 atom stereocenters. The molecule has 5 fully saturated rings. The highest BCUT2D eigenvalue weighted by Crippen LogP contribution is 2.73. The fraction of sp³-hybridized carbons (Fsp3) is 0.682. The molecule has 0 bridgehead atoms. The van der Waals surface area contributed by atoms with Crippen LogP contribution in [0.5, 0.6) is 11.5 Å². The van der Waals surface area contributed by atoms with E-state index in [1.807, 2.05) is 0 Å². The van der Waals surface area contributed by atoms with E-state index in [1.54, 1.807) is 31.2 Å². The van der Waals surface area contributed by atoms with Crippen LogP contribution in [0.15, 0.2) is 36.4 Å². The fourth-order valence-corrected chi connectivity index (χ4v) is 12.9. The molecule has 1 aromatic carbocycles. The lowest BCUT2D eigenvalue weighted by Gasteiger charge is -2.68. The van der Waals surface area contributed by atoms with Gasteiger partial charge in [-0.25, -0.2) is 4.79 Å². The summed E-state index contributed by atoms with van der Waals surface area (Å²) in [7, 11) is 0. The van der Waals surface area contributed by atoms with Gasteiger partial charge >= 0.3 is 23.9 Å². The first-order chi connectivity index (χ1) is 24.4. The van der Waals surface area contributed by atoms with E-state index in [-0.39, 0.29) is 45.2 Å². The predicted molar refractivity (Wildman–Crippen MR) is 199 cm³/mol. The summed E-state index contributed by atoms with van der Waals surface area (Å²) < 4.78 is 22.5. The van der Waals surface area contributed by atoms with Gasteiger partial charge in [0.1, 0.15) is 6.10 Å². The van der Waals surface area contributed by atoms with Crippen molar-refractivity contribution in [1.29, 1.82) is 0 Å². The van der Waals surface area contributed by atoms with Crippen molar-refractivity contribution in [1.82, 2.24) is 0 Å². The third-order valence-corrected chi connectivity index (χ3v) is 15.1. The Morgan fingerprint density at radius 3 is 2.08 bits per heavy atom. The second kappa shape index (κ2) is 14.1. The van der Waals surface area contributed by atoms with Crippen molar-refractivity contribution in [2.24, 2.45) is 57.2 Å². The highest BCUT2D eigenvalue weighted by atomic mass is 16.6. The van der Waals surface area contributed by atoms with E-state index < -0.39 is 17.9 Å². The van der Waals surface area contributed by atoms with Crippen molar-refractivity contribution < 1.29 is 38.1 Å². The van der Waals surface area contributed by atoms with Crippen molar-refractivity contribution in [2.45, 2.75) is 126 Å². The number of rotatable bonds is 8. The first-order valence-electron chi connectivity index (χ1n) is 19.6. The summed E-state index contributed by atoms with van der Waals surface area (Å²) in [5, 5.41) is 0. The normalized spacial score (nSPS) is 37.4. The number of esters is 4. The molecular formula is C44H60O8. The van der Waals surface area contributed by atoms with Crippen LogP contribution in [0.2, 0.25) is 0 Å². The van der Waals surface area contributed by atoms with Gasteiger partial charge in [0.05, 0.1) is 6.61 Å². The SMILES string of the molecule is C=C(C)C1CCC2(COC(C)=O)CCC3(C)C(CCC4C3CCC3C(C)(C)C(OC(=O)C=Cc5ccc(OC(C)=O)c(OC(C)=O)c5)CCC43C)C12. The molecule has 52 heavy (non-hydrogen) atoms. The maximum Gasteiger partial charge on any atom is 0.331 e. The predicted octanol–water partition coefficient (Wildman–Crippen LogP) is 9.29. The maximum atomic E-state index is 13.3. The third kappa shape index (κ3) is 6.77. The average Bonchev–Trinajstić information content (AvgIpc) is 3.45. The molecule has 1 aromatic rings. The molecule has 5 aliphatic rings. The topological polar surface area (TPSA) is 105 Å². The zero-order valence-corrected chi connectivity index (χ0v) is 32.7. The number of carbonyl (C=O) groups is 4.